The summed E-state index contributed by atoms with van der Waals surface area (Å²) in [6.45, 7) is 9.62. The first-order valence-corrected chi connectivity index (χ1v) is 11.7. The second kappa shape index (κ2) is 9.40. The van der Waals surface area contributed by atoms with Crippen LogP contribution in [0.1, 0.15) is 57.6 Å². The second-order valence-electron chi connectivity index (χ2n) is 10.0. The van der Waals surface area contributed by atoms with E-state index >= 15 is 0 Å². The number of hydrogen-bond donors (Lipinski definition) is 3. The van der Waals surface area contributed by atoms with Crippen LogP contribution in [0.2, 0.25) is 0 Å². The first kappa shape index (κ1) is 23.7. The molecule has 1 fully saturated rings. The number of ether oxygens (including phenoxy) is 1. The van der Waals surface area contributed by atoms with Crippen LogP contribution in [-0.2, 0) is 4.74 Å². The van der Waals surface area contributed by atoms with Crippen LogP contribution in [0.5, 0.6) is 0 Å². The Kier molecular flexibility index (Phi) is 6.54. The maximum Gasteiger partial charge on any atom is 0.407 e. The van der Waals surface area contributed by atoms with E-state index in [9.17, 15) is 4.79 Å². The molecule has 34 heavy (non-hydrogen) atoms. The highest BCUT2D eigenvalue weighted by atomic mass is 16.6. The number of amides is 1. The van der Waals surface area contributed by atoms with Gasteiger partial charge in [-0.1, -0.05) is 0 Å². The normalized spacial score (nSPS) is 18.5. The molecule has 0 saturated heterocycles. The van der Waals surface area contributed by atoms with E-state index in [-0.39, 0.29) is 18.2 Å². The van der Waals surface area contributed by atoms with Crippen molar-refractivity contribution in [3.05, 3.63) is 35.7 Å². The highest BCUT2D eigenvalue weighted by Crippen LogP contribution is 2.27. The van der Waals surface area contributed by atoms with Gasteiger partial charge in [-0.15, -0.1) is 0 Å². The zero-order valence-electron chi connectivity index (χ0n) is 20.5. The summed E-state index contributed by atoms with van der Waals surface area (Å²) < 4.78 is 5.36. The summed E-state index contributed by atoms with van der Waals surface area (Å²) in [5.41, 5.74) is 10.7. The molecule has 0 bridgehead atoms. The fourth-order valence-corrected chi connectivity index (χ4v) is 4.28. The molecule has 4 N–H and O–H groups in total. The van der Waals surface area contributed by atoms with Crippen LogP contribution in [0, 0.1) is 13.8 Å². The Morgan fingerprint density at radius 1 is 1.00 bits per heavy atom. The molecule has 3 heterocycles. The monoisotopic (exact) mass is 463 g/mol. The summed E-state index contributed by atoms with van der Waals surface area (Å²) in [5, 5.41) is 6.43. The molecule has 180 valence electrons. The van der Waals surface area contributed by atoms with Crippen LogP contribution in [0.3, 0.4) is 0 Å². The molecule has 0 spiro atoms. The van der Waals surface area contributed by atoms with Crippen LogP contribution in [0.4, 0.5) is 16.6 Å². The zero-order chi connectivity index (χ0) is 24.5. The zero-order valence-corrected chi connectivity index (χ0v) is 20.5. The van der Waals surface area contributed by atoms with Gasteiger partial charge in [-0.25, -0.2) is 24.7 Å². The van der Waals surface area contributed by atoms with E-state index in [2.05, 4.69) is 20.6 Å². The summed E-state index contributed by atoms with van der Waals surface area (Å²) in [5.74, 6) is 1.09. The van der Waals surface area contributed by atoms with E-state index in [1.54, 1.807) is 12.4 Å². The molecule has 0 radical (unpaired) electrons. The lowest BCUT2D eigenvalue weighted by molar-refractivity contribution is 0.0492. The van der Waals surface area contributed by atoms with Gasteiger partial charge in [0.1, 0.15) is 16.9 Å². The Balaban J connectivity index is 1.41. The lowest BCUT2D eigenvalue weighted by atomic mass is 9.91. The molecule has 0 aliphatic heterocycles. The van der Waals surface area contributed by atoms with E-state index in [4.69, 9.17) is 20.4 Å². The van der Waals surface area contributed by atoms with Crippen molar-refractivity contribution < 1.29 is 9.53 Å². The number of aromatic nitrogens is 4. The van der Waals surface area contributed by atoms with Crippen LogP contribution in [0.25, 0.3) is 22.3 Å². The number of pyridine rings is 2. The molecule has 0 atom stereocenters. The minimum Gasteiger partial charge on any atom is -0.444 e. The quantitative estimate of drug-likeness (QED) is 0.515. The smallest absolute Gasteiger partial charge is 0.407 e. The van der Waals surface area contributed by atoms with Crippen LogP contribution < -0.4 is 16.4 Å². The van der Waals surface area contributed by atoms with Gasteiger partial charge in [0.2, 0.25) is 5.95 Å². The van der Waals surface area contributed by atoms with E-state index in [0.29, 0.717) is 11.8 Å². The Labute approximate surface area is 200 Å². The first-order chi connectivity index (χ1) is 16.1. The van der Waals surface area contributed by atoms with E-state index in [1.165, 1.54) is 0 Å². The molecule has 3 aromatic rings. The van der Waals surface area contributed by atoms with Crippen molar-refractivity contribution in [2.75, 3.05) is 11.1 Å². The molecule has 9 nitrogen and oxygen atoms in total. The number of carbonyl (C=O) groups excluding carboxylic acids is 1. The fraction of sp³-hybridized carbons (Fsp3) is 0.480. The Hall–Kier alpha value is -3.49. The number of fused-ring (bicyclic) bond motifs is 1. The van der Waals surface area contributed by atoms with Crippen molar-refractivity contribution in [2.45, 2.75) is 78.0 Å². The standard InChI is InChI=1S/C25H33N7O2/c1-14-11-21(26)27-12-18(14)19-10-15(2)22-20(31-19)13-28-23(32-22)29-16-6-8-17(9-7-16)30-24(33)34-25(3,4)5/h10-13,16-17H,6-9H2,1-5H3,(H2,26,27)(H,30,33)(H,28,29,32)/t16-,17-. The second-order valence-corrected chi connectivity index (χ2v) is 10.0. The van der Waals surface area contributed by atoms with Gasteiger partial charge in [-0.2, -0.15) is 0 Å². The van der Waals surface area contributed by atoms with Crippen LogP contribution in [-0.4, -0.2) is 43.7 Å². The third-order valence-corrected chi connectivity index (χ3v) is 5.93. The molecule has 0 unspecified atom stereocenters. The summed E-state index contributed by atoms with van der Waals surface area (Å²) in [6.07, 6.45) is 6.75. The minimum atomic E-state index is -0.491. The van der Waals surface area contributed by atoms with Crippen LogP contribution >= 0.6 is 0 Å². The number of nitrogen functional groups attached to an aromatic ring is 1. The summed E-state index contributed by atoms with van der Waals surface area (Å²) in [7, 11) is 0. The van der Waals surface area contributed by atoms with Crippen molar-refractivity contribution in [3.63, 3.8) is 0 Å². The number of carbonyl (C=O) groups is 1. The Morgan fingerprint density at radius 3 is 2.38 bits per heavy atom. The highest BCUT2D eigenvalue weighted by molar-refractivity contribution is 5.82. The predicted molar refractivity (Wildman–Crippen MR) is 133 cm³/mol. The Morgan fingerprint density at radius 2 is 1.71 bits per heavy atom. The van der Waals surface area contributed by atoms with E-state index in [1.807, 2.05) is 46.8 Å². The maximum atomic E-state index is 12.0. The Bertz CT molecular complexity index is 1200. The van der Waals surface area contributed by atoms with E-state index < -0.39 is 5.60 Å². The predicted octanol–water partition coefficient (Wildman–Crippen LogP) is 4.53. The van der Waals surface area contributed by atoms with Gasteiger partial charge >= 0.3 is 6.09 Å². The summed E-state index contributed by atoms with van der Waals surface area (Å²) in [4.78, 5) is 30.2. The van der Waals surface area contributed by atoms with Crippen molar-refractivity contribution >= 4 is 28.9 Å². The van der Waals surface area contributed by atoms with Gasteiger partial charge in [-0.05, 0) is 83.6 Å². The average Bonchev–Trinajstić information content (AvgIpc) is 2.74. The maximum absolute atomic E-state index is 12.0. The van der Waals surface area contributed by atoms with Gasteiger partial charge in [0.05, 0.1) is 17.4 Å². The number of rotatable bonds is 4. The summed E-state index contributed by atoms with van der Waals surface area (Å²) in [6, 6.07) is 4.25. The minimum absolute atomic E-state index is 0.126. The summed E-state index contributed by atoms with van der Waals surface area (Å²) >= 11 is 0. The number of nitrogens with zero attached hydrogens (tertiary/aromatic N) is 4. The lowest BCUT2D eigenvalue weighted by Gasteiger charge is -2.30. The molecule has 1 saturated carbocycles. The lowest BCUT2D eigenvalue weighted by Crippen LogP contribution is -2.42. The third-order valence-electron chi connectivity index (χ3n) is 5.93. The number of nitrogens with two attached hydrogens (primary N) is 1. The van der Waals surface area contributed by atoms with Crippen molar-refractivity contribution in [1.82, 2.24) is 25.3 Å². The number of alkyl carbamates (subject to hydrolysis) is 1. The molecule has 3 aromatic heterocycles. The fourth-order valence-electron chi connectivity index (χ4n) is 4.28. The highest BCUT2D eigenvalue weighted by Gasteiger charge is 2.25. The van der Waals surface area contributed by atoms with Crippen LogP contribution in [0.15, 0.2) is 24.5 Å². The molecular weight excluding hydrogens is 430 g/mol. The molecule has 1 aliphatic carbocycles. The number of aryl methyl sites for hydroxylation is 2. The first-order valence-electron chi connectivity index (χ1n) is 11.7. The number of hydrogen-bond acceptors (Lipinski definition) is 8. The topological polar surface area (TPSA) is 128 Å². The van der Waals surface area contributed by atoms with Crippen molar-refractivity contribution in [1.29, 1.82) is 0 Å². The number of anilines is 2. The molecule has 9 heteroatoms. The average molecular weight is 464 g/mol. The largest absolute Gasteiger partial charge is 0.444 e. The van der Waals surface area contributed by atoms with Gasteiger partial charge in [-0.3, -0.25) is 0 Å². The molecule has 4 rings (SSSR count). The van der Waals surface area contributed by atoms with E-state index in [0.717, 1.165) is 59.1 Å². The third kappa shape index (κ3) is 5.70. The molecule has 1 aliphatic rings. The SMILES string of the molecule is Cc1cc(N)ncc1-c1cc(C)c2nc(N[C@H]3CC[C@H](NC(=O)OC(C)(C)C)CC3)ncc2n1. The number of nitrogens with one attached hydrogen (secondary N) is 2. The van der Waals surface area contributed by atoms with Gasteiger partial charge < -0.3 is 21.1 Å². The van der Waals surface area contributed by atoms with Crippen molar-refractivity contribution in [2.24, 2.45) is 0 Å². The molecule has 1 amide bonds. The van der Waals surface area contributed by atoms with Gasteiger partial charge in [0.15, 0.2) is 0 Å². The molecular formula is C25H33N7O2. The van der Waals surface area contributed by atoms with Gasteiger partial charge in [0.25, 0.3) is 0 Å². The van der Waals surface area contributed by atoms with Gasteiger partial charge in [0, 0.05) is 23.8 Å². The van der Waals surface area contributed by atoms with Crippen molar-refractivity contribution in [3.8, 4) is 11.3 Å². The molecule has 0 aromatic carbocycles.